The Hall–Kier alpha value is -3.03. The van der Waals surface area contributed by atoms with Crippen molar-refractivity contribution in [2.75, 3.05) is 17.2 Å². The topological polar surface area (TPSA) is 122 Å². The number of anilines is 1. The normalized spacial score (nSPS) is 16.9. The fraction of sp³-hybridized carbons (Fsp3) is 0.423. The Morgan fingerprint density at radius 2 is 1.73 bits per heavy atom. The number of hydrogen-bond acceptors (Lipinski definition) is 6. The molecule has 0 radical (unpaired) electrons. The summed E-state index contributed by atoms with van der Waals surface area (Å²) < 4.78 is 69.5. The van der Waals surface area contributed by atoms with Gasteiger partial charge in [0.05, 0.1) is 33.5 Å². The average Bonchev–Trinajstić information content (AvgIpc) is 2.89. The van der Waals surface area contributed by atoms with Crippen LogP contribution >= 0.6 is 23.2 Å². The lowest BCUT2D eigenvalue weighted by Gasteiger charge is -2.27. The molecule has 0 aliphatic carbocycles. The molecule has 224 valence electrons. The van der Waals surface area contributed by atoms with Crippen LogP contribution in [0.2, 0.25) is 10.0 Å². The van der Waals surface area contributed by atoms with E-state index in [1.807, 2.05) is 0 Å². The Labute approximate surface area is 245 Å². The third-order valence-corrected chi connectivity index (χ3v) is 8.07. The Kier molecular flexibility index (Phi) is 9.87. The molecule has 1 aliphatic rings. The van der Waals surface area contributed by atoms with E-state index in [1.165, 1.54) is 0 Å². The third-order valence-electron chi connectivity index (χ3n) is 5.74. The number of fused-ring (bicyclic) bond motifs is 1. The lowest BCUT2D eigenvalue weighted by Crippen LogP contribution is -2.51. The zero-order valence-electron chi connectivity index (χ0n) is 22.3. The molecule has 2 aromatic carbocycles. The second-order valence-electron chi connectivity index (χ2n) is 10.3. The number of halogens is 5. The maximum atomic E-state index is 13.8. The summed E-state index contributed by atoms with van der Waals surface area (Å²) in [5, 5.41) is 4.77. The maximum absolute atomic E-state index is 13.8. The molecule has 0 spiro atoms. The SMILES string of the molecule is CC(C)(C)OC(=O)N[C@H]1CS(=O)(=O)c2cc(Cl)c(C(=O)NCCCC(F)(F)F)cc2N(Cc2ccc(Cl)cc2)C1=O. The molecule has 2 aromatic rings. The molecule has 15 heteroatoms. The lowest BCUT2D eigenvalue weighted by molar-refractivity contribution is -0.135. The van der Waals surface area contributed by atoms with Crippen LogP contribution < -0.4 is 15.5 Å². The zero-order valence-corrected chi connectivity index (χ0v) is 24.6. The van der Waals surface area contributed by atoms with E-state index in [1.54, 1.807) is 45.0 Å². The van der Waals surface area contributed by atoms with E-state index in [-0.39, 0.29) is 40.7 Å². The molecule has 1 atom stereocenters. The highest BCUT2D eigenvalue weighted by molar-refractivity contribution is 7.91. The molecule has 0 unspecified atom stereocenters. The summed E-state index contributed by atoms with van der Waals surface area (Å²) in [5.74, 6) is -2.50. The number of alkyl carbamates (subject to hydrolysis) is 1. The number of hydrogen-bond donors (Lipinski definition) is 2. The molecule has 0 bridgehead atoms. The second kappa shape index (κ2) is 12.5. The van der Waals surface area contributed by atoms with Gasteiger partial charge in [-0.15, -0.1) is 0 Å². The summed E-state index contributed by atoms with van der Waals surface area (Å²) in [6, 6.07) is 6.88. The minimum atomic E-state index is -4.40. The van der Waals surface area contributed by atoms with E-state index in [2.05, 4.69) is 10.6 Å². The van der Waals surface area contributed by atoms with Gasteiger partial charge in [-0.1, -0.05) is 35.3 Å². The van der Waals surface area contributed by atoms with Crippen molar-refractivity contribution in [3.63, 3.8) is 0 Å². The molecule has 41 heavy (non-hydrogen) atoms. The maximum Gasteiger partial charge on any atom is 0.408 e. The van der Waals surface area contributed by atoms with E-state index in [0.717, 1.165) is 17.0 Å². The number of carbonyl (C=O) groups excluding carboxylic acids is 3. The molecule has 3 amide bonds. The minimum Gasteiger partial charge on any atom is -0.444 e. The quantitative estimate of drug-likeness (QED) is 0.398. The van der Waals surface area contributed by atoms with Crippen molar-refractivity contribution in [1.29, 1.82) is 0 Å². The zero-order chi connectivity index (χ0) is 30.8. The molecular weight excluding hydrogens is 610 g/mol. The van der Waals surface area contributed by atoms with Crippen LogP contribution in [-0.2, 0) is 25.9 Å². The van der Waals surface area contributed by atoms with Gasteiger partial charge in [-0.2, -0.15) is 13.2 Å². The summed E-state index contributed by atoms with van der Waals surface area (Å²) in [6.07, 6.45) is -6.90. The molecular formula is C26H28Cl2F3N3O6S. The number of nitrogens with one attached hydrogen (secondary N) is 2. The van der Waals surface area contributed by atoms with Crippen LogP contribution in [0.5, 0.6) is 0 Å². The summed E-state index contributed by atoms with van der Waals surface area (Å²) in [6.45, 7) is 4.29. The van der Waals surface area contributed by atoms with Crippen molar-refractivity contribution in [3.8, 4) is 0 Å². The summed E-state index contributed by atoms with van der Waals surface area (Å²) in [4.78, 5) is 39.8. The number of nitrogens with zero attached hydrogens (tertiary/aromatic N) is 1. The predicted molar refractivity (Wildman–Crippen MR) is 147 cm³/mol. The highest BCUT2D eigenvalue weighted by Crippen LogP contribution is 2.36. The van der Waals surface area contributed by atoms with Crippen molar-refractivity contribution in [3.05, 3.63) is 57.6 Å². The number of sulfone groups is 1. The molecule has 1 aliphatic heterocycles. The van der Waals surface area contributed by atoms with Gasteiger partial charge in [0, 0.05) is 18.0 Å². The first-order chi connectivity index (χ1) is 18.9. The van der Waals surface area contributed by atoms with Gasteiger partial charge >= 0.3 is 12.3 Å². The molecule has 0 aromatic heterocycles. The molecule has 0 saturated carbocycles. The average molecular weight is 638 g/mol. The highest BCUT2D eigenvalue weighted by atomic mass is 35.5. The first-order valence-electron chi connectivity index (χ1n) is 12.3. The Bertz CT molecular complexity index is 1430. The molecule has 1 heterocycles. The van der Waals surface area contributed by atoms with Crippen LogP contribution in [0.15, 0.2) is 41.3 Å². The standard InChI is InChI=1S/C26H28Cl2F3N3O6S/c1-25(2,3)40-24(37)33-19-14-41(38,39)21-12-18(28)17(22(35)32-10-4-9-26(29,30)31)11-20(21)34(23(19)36)13-15-5-7-16(27)8-6-15/h5-8,11-12,19H,4,9-10,13-14H2,1-3H3,(H,32,35)(H,33,37)/t19-/m0/s1. The lowest BCUT2D eigenvalue weighted by atomic mass is 10.1. The highest BCUT2D eigenvalue weighted by Gasteiger charge is 2.40. The number of alkyl halides is 3. The summed E-state index contributed by atoms with van der Waals surface area (Å²) >= 11 is 12.2. The third kappa shape index (κ3) is 8.98. The predicted octanol–water partition coefficient (Wildman–Crippen LogP) is 5.28. The number of rotatable bonds is 7. The molecule has 2 N–H and O–H groups in total. The largest absolute Gasteiger partial charge is 0.444 e. The van der Waals surface area contributed by atoms with Gasteiger partial charge in [0.2, 0.25) is 0 Å². The van der Waals surface area contributed by atoms with E-state index >= 15 is 0 Å². The number of ether oxygens (including phenoxy) is 1. The molecule has 3 rings (SSSR count). The summed E-state index contributed by atoms with van der Waals surface area (Å²) in [5.41, 5.74) is -0.834. The molecule has 9 nitrogen and oxygen atoms in total. The molecule has 0 fully saturated rings. The van der Waals surface area contributed by atoms with Crippen LogP contribution in [0.3, 0.4) is 0 Å². The van der Waals surface area contributed by atoms with E-state index in [4.69, 9.17) is 27.9 Å². The smallest absolute Gasteiger partial charge is 0.408 e. The van der Waals surface area contributed by atoms with Gasteiger partial charge in [0.15, 0.2) is 9.84 Å². The monoisotopic (exact) mass is 637 g/mol. The van der Waals surface area contributed by atoms with E-state index in [0.29, 0.717) is 10.6 Å². The van der Waals surface area contributed by atoms with Gasteiger partial charge in [0.25, 0.3) is 11.8 Å². The van der Waals surface area contributed by atoms with Crippen LogP contribution in [0, 0.1) is 0 Å². The van der Waals surface area contributed by atoms with Gasteiger partial charge in [-0.25, -0.2) is 13.2 Å². The van der Waals surface area contributed by atoms with Gasteiger partial charge in [-0.3, -0.25) is 9.59 Å². The summed E-state index contributed by atoms with van der Waals surface area (Å²) in [7, 11) is -4.28. The van der Waals surface area contributed by atoms with Crippen molar-refractivity contribution >= 4 is 56.6 Å². The van der Waals surface area contributed by atoms with Gasteiger partial charge < -0.3 is 20.3 Å². The van der Waals surface area contributed by atoms with Crippen LogP contribution in [0.4, 0.5) is 23.7 Å². The minimum absolute atomic E-state index is 0.181. The van der Waals surface area contributed by atoms with Crippen LogP contribution in [0.1, 0.15) is 49.5 Å². The van der Waals surface area contributed by atoms with Crippen LogP contribution in [0.25, 0.3) is 0 Å². The van der Waals surface area contributed by atoms with Crippen molar-refractivity contribution in [1.82, 2.24) is 10.6 Å². The first-order valence-corrected chi connectivity index (χ1v) is 14.7. The molecule has 0 saturated heterocycles. The Morgan fingerprint density at radius 1 is 1.10 bits per heavy atom. The number of amides is 3. The second-order valence-corrected chi connectivity index (χ2v) is 13.2. The number of carbonyl (C=O) groups is 3. The number of benzene rings is 2. The fourth-order valence-corrected chi connectivity index (χ4v) is 6.01. The van der Waals surface area contributed by atoms with Crippen LogP contribution in [-0.4, -0.2) is 56.4 Å². The van der Waals surface area contributed by atoms with Gasteiger partial charge in [-0.05, 0) is 57.0 Å². The fourth-order valence-electron chi connectivity index (χ4n) is 3.94. The van der Waals surface area contributed by atoms with Crippen molar-refractivity contribution < 1.29 is 40.7 Å². The Morgan fingerprint density at radius 3 is 2.32 bits per heavy atom. The Balaban J connectivity index is 2.04. The van der Waals surface area contributed by atoms with Crippen molar-refractivity contribution in [2.24, 2.45) is 0 Å². The van der Waals surface area contributed by atoms with Gasteiger partial charge in [0.1, 0.15) is 11.6 Å². The van der Waals surface area contributed by atoms with E-state index < -0.39 is 57.7 Å². The van der Waals surface area contributed by atoms with Crippen molar-refractivity contribution in [2.45, 2.75) is 62.9 Å². The van der Waals surface area contributed by atoms with E-state index in [9.17, 15) is 36.0 Å². The first kappa shape index (κ1) is 32.5.